The molecule has 110 valence electrons. The Bertz CT molecular complexity index is 847. The van der Waals surface area contributed by atoms with Crippen LogP contribution in [0.25, 0.3) is 22.4 Å². The van der Waals surface area contributed by atoms with E-state index >= 15 is 0 Å². The molecular formula is C14H14N8. The lowest BCUT2D eigenvalue weighted by Gasteiger charge is -2.05. The van der Waals surface area contributed by atoms with Crippen LogP contribution < -0.4 is 11.1 Å². The average Bonchev–Trinajstić information content (AvgIpc) is 2.96. The van der Waals surface area contributed by atoms with Crippen molar-refractivity contribution in [1.29, 1.82) is 5.41 Å². The van der Waals surface area contributed by atoms with Crippen LogP contribution in [-0.2, 0) is 0 Å². The van der Waals surface area contributed by atoms with Crippen LogP contribution in [0.1, 0.15) is 5.56 Å². The fraction of sp³-hybridized carbons (Fsp3) is 0.0714. The van der Waals surface area contributed by atoms with Gasteiger partial charge in [0.2, 0.25) is 5.95 Å². The molecule has 22 heavy (non-hydrogen) atoms. The van der Waals surface area contributed by atoms with Gasteiger partial charge in [0.25, 0.3) is 0 Å². The summed E-state index contributed by atoms with van der Waals surface area (Å²) < 4.78 is 1.60. The molecule has 0 aliphatic heterocycles. The molecule has 0 saturated carbocycles. The Morgan fingerprint density at radius 1 is 1.32 bits per heavy atom. The molecule has 0 atom stereocenters. The second-order valence-electron chi connectivity index (χ2n) is 4.52. The Morgan fingerprint density at radius 3 is 2.77 bits per heavy atom. The van der Waals surface area contributed by atoms with E-state index in [1.807, 2.05) is 24.3 Å². The predicted molar refractivity (Wildman–Crippen MR) is 84.7 cm³/mol. The fourth-order valence-corrected chi connectivity index (χ4v) is 2.07. The maximum Gasteiger partial charge on any atom is 0.222 e. The van der Waals surface area contributed by atoms with E-state index in [0.717, 1.165) is 16.8 Å². The van der Waals surface area contributed by atoms with Gasteiger partial charge in [0.1, 0.15) is 0 Å². The molecule has 0 amide bonds. The van der Waals surface area contributed by atoms with Crippen LogP contribution >= 0.6 is 0 Å². The first kappa shape index (κ1) is 13.7. The second kappa shape index (κ2) is 5.60. The Labute approximate surface area is 126 Å². The van der Waals surface area contributed by atoms with Crippen molar-refractivity contribution in [3.63, 3.8) is 0 Å². The van der Waals surface area contributed by atoms with Gasteiger partial charge in [0, 0.05) is 25.0 Å². The number of nitrogens with one attached hydrogen (secondary N) is 2. The summed E-state index contributed by atoms with van der Waals surface area (Å²) in [6.45, 7) is 0. The number of nitrogens with zero attached hydrogens (tertiary/aromatic N) is 5. The minimum absolute atomic E-state index is 0.177. The highest BCUT2D eigenvalue weighted by Gasteiger charge is 2.09. The van der Waals surface area contributed by atoms with E-state index in [1.165, 1.54) is 6.21 Å². The first-order chi connectivity index (χ1) is 10.7. The van der Waals surface area contributed by atoms with Crippen molar-refractivity contribution in [2.24, 2.45) is 0 Å². The number of benzene rings is 1. The molecule has 0 radical (unpaired) electrons. The van der Waals surface area contributed by atoms with E-state index in [2.05, 4.69) is 25.6 Å². The van der Waals surface area contributed by atoms with Crippen LogP contribution in [0.2, 0.25) is 0 Å². The number of nitrogen functional groups attached to an aromatic ring is 1. The van der Waals surface area contributed by atoms with Crippen molar-refractivity contribution >= 4 is 28.9 Å². The highest BCUT2D eigenvalue weighted by molar-refractivity contribution is 6.08. The molecule has 8 nitrogen and oxygen atoms in total. The number of hydrogen-bond acceptors (Lipinski definition) is 7. The number of hydrogen-bond donors (Lipinski definition) is 3. The quantitative estimate of drug-likeness (QED) is 0.618. The van der Waals surface area contributed by atoms with Gasteiger partial charge in [-0.05, 0) is 17.7 Å². The van der Waals surface area contributed by atoms with Crippen molar-refractivity contribution < 1.29 is 0 Å². The summed E-state index contributed by atoms with van der Waals surface area (Å²) in [5.74, 6) is 0.177. The summed E-state index contributed by atoms with van der Waals surface area (Å²) in [7, 11) is 1.80. The van der Waals surface area contributed by atoms with E-state index in [9.17, 15) is 0 Å². The lowest BCUT2D eigenvalue weighted by atomic mass is 10.1. The average molecular weight is 294 g/mol. The first-order valence-corrected chi connectivity index (χ1v) is 6.55. The standard InChI is InChI=1S/C14H14N8/c1-17-7-10(6-15)9-2-4-11(5-3-9)22-13-12(20-21-22)8-18-14(16)19-13/h2-8,15,17H,1H3,(H2,16,18,19)/b10-7+,15-6?. The summed E-state index contributed by atoms with van der Waals surface area (Å²) in [4.78, 5) is 8.06. The fourth-order valence-electron chi connectivity index (χ4n) is 2.07. The van der Waals surface area contributed by atoms with Gasteiger partial charge in [-0.15, -0.1) is 5.10 Å². The molecule has 4 N–H and O–H groups in total. The summed E-state index contributed by atoms with van der Waals surface area (Å²) in [6, 6.07) is 7.58. The molecular weight excluding hydrogens is 280 g/mol. The van der Waals surface area contributed by atoms with Gasteiger partial charge in [-0.3, -0.25) is 0 Å². The van der Waals surface area contributed by atoms with Gasteiger partial charge in [-0.1, -0.05) is 17.3 Å². The Kier molecular flexibility index (Phi) is 3.48. The van der Waals surface area contributed by atoms with Gasteiger partial charge < -0.3 is 16.5 Å². The normalized spacial score (nSPS) is 11.6. The Balaban J connectivity index is 2.03. The third-order valence-corrected chi connectivity index (χ3v) is 3.11. The number of aromatic nitrogens is 5. The van der Waals surface area contributed by atoms with Crippen LogP contribution in [0.4, 0.5) is 5.95 Å². The largest absolute Gasteiger partial charge is 0.393 e. The monoisotopic (exact) mass is 294 g/mol. The lowest BCUT2D eigenvalue weighted by molar-refractivity contribution is 0.817. The predicted octanol–water partition coefficient (Wildman–Crippen LogP) is 1.00. The zero-order valence-corrected chi connectivity index (χ0v) is 11.9. The van der Waals surface area contributed by atoms with Crippen LogP contribution in [0, 0.1) is 5.41 Å². The van der Waals surface area contributed by atoms with Crippen molar-refractivity contribution in [3.05, 3.63) is 42.2 Å². The van der Waals surface area contributed by atoms with E-state index in [0.29, 0.717) is 11.2 Å². The summed E-state index contributed by atoms with van der Waals surface area (Å²) >= 11 is 0. The molecule has 0 saturated heterocycles. The molecule has 3 rings (SSSR count). The lowest BCUT2D eigenvalue weighted by Crippen LogP contribution is -2.01. The Morgan fingerprint density at radius 2 is 2.09 bits per heavy atom. The number of nitrogens with two attached hydrogens (primary N) is 1. The number of anilines is 1. The van der Waals surface area contributed by atoms with E-state index in [4.69, 9.17) is 11.1 Å². The van der Waals surface area contributed by atoms with E-state index < -0.39 is 0 Å². The zero-order valence-electron chi connectivity index (χ0n) is 11.9. The molecule has 0 unspecified atom stereocenters. The third kappa shape index (κ3) is 2.37. The summed E-state index contributed by atoms with van der Waals surface area (Å²) in [6.07, 6.45) is 4.60. The van der Waals surface area contributed by atoms with Crippen molar-refractivity contribution in [3.8, 4) is 5.69 Å². The van der Waals surface area contributed by atoms with Gasteiger partial charge in [0.05, 0.1) is 11.9 Å². The van der Waals surface area contributed by atoms with Crippen LogP contribution in [-0.4, -0.2) is 38.2 Å². The maximum atomic E-state index is 7.43. The highest BCUT2D eigenvalue weighted by atomic mass is 15.4. The number of fused-ring (bicyclic) bond motifs is 1. The van der Waals surface area contributed by atoms with Crippen molar-refractivity contribution in [1.82, 2.24) is 30.3 Å². The first-order valence-electron chi connectivity index (χ1n) is 6.55. The molecule has 8 heteroatoms. The number of allylic oxidation sites excluding steroid dienone is 1. The maximum absolute atomic E-state index is 7.43. The van der Waals surface area contributed by atoms with E-state index in [-0.39, 0.29) is 5.95 Å². The topological polar surface area (TPSA) is 118 Å². The zero-order chi connectivity index (χ0) is 15.5. The smallest absolute Gasteiger partial charge is 0.222 e. The number of rotatable bonds is 4. The molecule has 1 aromatic carbocycles. The van der Waals surface area contributed by atoms with Crippen molar-refractivity contribution in [2.45, 2.75) is 0 Å². The van der Waals surface area contributed by atoms with Gasteiger partial charge in [0.15, 0.2) is 11.2 Å². The molecule has 0 bridgehead atoms. The molecule has 0 aliphatic carbocycles. The van der Waals surface area contributed by atoms with Gasteiger partial charge in [-0.2, -0.15) is 9.67 Å². The Hall–Kier alpha value is -3.29. The van der Waals surface area contributed by atoms with Crippen LogP contribution in [0.5, 0.6) is 0 Å². The third-order valence-electron chi connectivity index (χ3n) is 3.11. The van der Waals surface area contributed by atoms with Crippen LogP contribution in [0.3, 0.4) is 0 Å². The van der Waals surface area contributed by atoms with Crippen molar-refractivity contribution in [2.75, 3.05) is 12.8 Å². The van der Waals surface area contributed by atoms with Gasteiger partial charge >= 0.3 is 0 Å². The molecule has 3 aromatic rings. The molecule has 0 aliphatic rings. The molecule has 0 spiro atoms. The minimum atomic E-state index is 0.177. The SMILES string of the molecule is CN/C=C(\C=N)c1ccc(-n2nnc3cnc(N)nc32)cc1. The van der Waals surface area contributed by atoms with Gasteiger partial charge in [-0.25, -0.2) is 4.98 Å². The summed E-state index contributed by atoms with van der Waals surface area (Å²) in [5.41, 5.74) is 9.25. The summed E-state index contributed by atoms with van der Waals surface area (Å²) in [5, 5.41) is 18.4. The van der Waals surface area contributed by atoms with E-state index in [1.54, 1.807) is 24.1 Å². The second-order valence-corrected chi connectivity index (χ2v) is 4.52. The molecule has 2 aromatic heterocycles. The minimum Gasteiger partial charge on any atom is -0.393 e. The molecule has 0 fully saturated rings. The molecule has 2 heterocycles. The highest BCUT2D eigenvalue weighted by Crippen LogP contribution is 2.18. The van der Waals surface area contributed by atoms with Crippen LogP contribution in [0.15, 0.2) is 36.7 Å².